The molecular formula is C15H23NO. The highest BCUT2D eigenvalue weighted by Crippen LogP contribution is 2.22. The first-order chi connectivity index (χ1) is 8.20. The number of rotatable bonds is 2. The first-order valence-electron chi connectivity index (χ1n) is 6.64. The lowest BCUT2D eigenvalue weighted by Gasteiger charge is -2.16. The number of hydrogen-bond acceptors (Lipinski definition) is 2. The molecule has 1 heterocycles. The number of hydrogen-bond donors (Lipinski definition) is 1. The maximum atomic E-state index is 5.98. The van der Waals surface area contributed by atoms with E-state index < -0.39 is 0 Å². The molecule has 0 bridgehead atoms. The Labute approximate surface area is 104 Å². The van der Waals surface area contributed by atoms with Gasteiger partial charge in [-0.2, -0.15) is 0 Å². The topological polar surface area (TPSA) is 21.3 Å². The van der Waals surface area contributed by atoms with E-state index in [1.807, 2.05) is 0 Å². The maximum absolute atomic E-state index is 5.98. The monoisotopic (exact) mass is 233 g/mol. The normalized spacial score (nSPS) is 29.9. The van der Waals surface area contributed by atoms with Crippen molar-refractivity contribution in [2.45, 2.75) is 39.3 Å². The summed E-state index contributed by atoms with van der Waals surface area (Å²) in [7, 11) is 0. The first-order valence-corrected chi connectivity index (χ1v) is 6.64. The highest BCUT2D eigenvalue weighted by Gasteiger charge is 2.22. The van der Waals surface area contributed by atoms with Gasteiger partial charge in [-0.15, -0.1) is 0 Å². The smallest absolute Gasteiger partial charge is 0.0949 e. The fourth-order valence-electron chi connectivity index (χ4n) is 2.15. The van der Waals surface area contributed by atoms with Crippen LogP contribution >= 0.6 is 0 Å². The summed E-state index contributed by atoms with van der Waals surface area (Å²) in [5.41, 5.74) is 2.67. The standard InChI is InChI=1S/C15H23NO/c1-4-13-5-7-14(8-6-13)15-9-16-12(3)11(2)10-17-15/h5-8,11-12,15-16H,4,9-10H2,1-3H3. The minimum Gasteiger partial charge on any atom is -0.372 e. The number of nitrogens with one attached hydrogen (secondary N) is 1. The lowest BCUT2D eigenvalue weighted by molar-refractivity contribution is 0.0496. The zero-order valence-electron chi connectivity index (χ0n) is 11.1. The lowest BCUT2D eigenvalue weighted by Crippen LogP contribution is -2.32. The van der Waals surface area contributed by atoms with Gasteiger partial charge in [0.25, 0.3) is 0 Å². The molecular weight excluding hydrogens is 210 g/mol. The van der Waals surface area contributed by atoms with Crippen LogP contribution < -0.4 is 5.32 Å². The van der Waals surface area contributed by atoms with E-state index in [1.54, 1.807) is 0 Å². The zero-order valence-corrected chi connectivity index (χ0v) is 11.1. The van der Waals surface area contributed by atoms with Gasteiger partial charge in [0.15, 0.2) is 0 Å². The first kappa shape index (κ1) is 12.6. The van der Waals surface area contributed by atoms with Crippen LogP contribution in [0, 0.1) is 5.92 Å². The SMILES string of the molecule is CCc1ccc(C2CNC(C)C(C)CO2)cc1. The van der Waals surface area contributed by atoms with Crippen molar-refractivity contribution in [3.63, 3.8) is 0 Å². The predicted molar refractivity (Wildman–Crippen MR) is 71.1 cm³/mol. The molecule has 1 saturated heterocycles. The van der Waals surface area contributed by atoms with E-state index in [9.17, 15) is 0 Å². The zero-order chi connectivity index (χ0) is 12.3. The van der Waals surface area contributed by atoms with Crippen molar-refractivity contribution in [1.82, 2.24) is 5.32 Å². The Morgan fingerprint density at radius 1 is 1.24 bits per heavy atom. The van der Waals surface area contributed by atoms with Crippen LogP contribution in [0.15, 0.2) is 24.3 Å². The summed E-state index contributed by atoms with van der Waals surface area (Å²) < 4.78 is 5.98. The molecule has 1 aliphatic heterocycles. The lowest BCUT2D eigenvalue weighted by atomic mass is 10.1. The van der Waals surface area contributed by atoms with Crippen molar-refractivity contribution in [3.8, 4) is 0 Å². The summed E-state index contributed by atoms with van der Waals surface area (Å²) in [6.07, 6.45) is 1.30. The summed E-state index contributed by atoms with van der Waals surface area (Å²) >= 11 is 0. The fourth-order valence-corrected chi connectivity index (χ4v) is 2.15. The molecule has 1 N–H and O–H groups in total. The Hall–Kier alpha value is -0.860. The summed E-state index contributed by atoms with van der Waals surface area (Å²) in [4.78, 5) is 0. The Morgan fingerprint density at radius 3 is 2.59 bits per heavy atom. The van der Waals surface area contributed by atoms with Gasteiger partial charge in [-0.25, -0.2) is 0 Å². The minimum atomic E-state index is 0.202. The van der Waals surface area contributed by atoms with Crippen LogP contribution in [0.25, 0.3) is 0 Å². The van der Waals surface area contributed by atoms with E-state index in [1.165, 1.54) is 11.1 Å². The van der Waals surface area contributed by atoms with Gasteiger partial charge in [-0.05, 0) is 30.4 Å². The van der Waals surface area contributed by atoms with Gasteiger partial charge in [0.2, 0.25) is 0 Å². The van der Waals surface area contributed by atoms with Crippen LogP contribution in [0.5, 0.6) is 0 Å². The molecule has 0 amide bonds. The quantitative estimate of drug-likeness (QED) is 0.848. The van der Waals surface area contributed by atoms with E-state index in [0.717, 1.165) is 19.6 Å². The average Bonchev–Trinajstić information content (AvgIpc) is 2.53. The Morgan fingerprint density at radius 2 is 1.94 bits per heavy atom. The van der Waals surface area contributed by atoms with Gasteiger partial charge < -0.3 is 10.1 Å². The Balaban J connectivity index is 2.06. The second-order valence-electron chi connectivity index (χ2n) is 5.09. The van der Waals surface area contributed by atoms with Crippen molar-refractivity contribution in [2.24, 2.45) is 5.92 Å². The molecule has 1 aromatic carbocycles. The van der Waals surface area contributed by atoms with Gasteiger partial charge in [0, 0.05) is 12.6 Å². The van der Waals surface area contributed by atoms with Crippen LogP contribution in [-0.4, -0.2) is 19.2 Å². The summed E-state index contributed by atoms with van der Waals surface area (Å²) in [6, 6.07) is 9.35. The van der Waals surface area contributed by atoms with Gasteiger partial charge in [0.1, 0.15) is 0 Å². The van der Waals surface area contributed by atoms with Crippen LogP contribution in [0.2, 0.25) is 0 Å². The van der Waals surface area contributed by atoms with Crippen molar-refractivity contribution in [1.29, 1.82) is 0 Å². The van der Waals surface area contributed by atoms with Crippen molar-refractivity contribution >= 4 is 0 Å². The van der Waals surface area contributed by atoms with E-state index in [0.29, 0.717) is 12.0 Å². The Bertz CT molecular complexity index is 334. The third-order valence-electron chi connectivity index (χ3n) is 3.80. The number of benzene rings is 1. The minimum absolute atomic E-state index is 0.202. The molecule has 94 valence electrons. The molecule has 1 aliphatic rings. The van der Waals surface area contributed by atoms with Crippen molar-refractivity contribution in [2.75, 3.05) is 13.2 Å². The van der Waals surface area contributed by atoms with E-state index in [2.05, 4.69) is 50.4 Å². The molecule has 2 rings (SSSR count). The van der Waals surface area contributed by atoms with Gasteiger partial charge >= 0.3 is 0 Å². The Kier molecular flexibility index (Phi) is 4.19. The van der Waals surface area contributed by atoms with Gasteiger partial charge in [-0.3, -0.25) is 0 Å². The molecule has 1 aromatic rings. The molecule has 0 radical (unpaired) electrons. The van der Waals surface area contributed by atoms with Gasteiger partial charge in [-0.1, -0.05) is 38.1 Å². The second kappa shape index (κ2) is 5.65. The van der Waals surface area contributed by atoms with E-state index >= 15 is 0 Å². The molecule has 0 aliphatic carbocycles. The molecule has 2 heteroatoms. The largest absolute Gasteiger partial charge is 0.372 e. The average molecular weight is 233 g/mol. The van der Waals surface area contributed by atoms with Gasteiger partial charge in [0.05, 0.1) is 12.7 Å². The molecule has 17 heavy (non-hydrogen) atoms. The third-order valence-corrected chi connectivity index (χ3v) is 3.80. The maximum Gasteiger partial charge on any atom is 0.0949 e. The molecule has 0 saturated carbocycles. The number of ether oxygens (including phenoxy) is 1. The predicted octanol–water partition coefficient (Wildman–Crippen LogP) is 2.93. The molecule has 3 unspecified atom stereocenters. The van der Waals surface area contributed by atoms with Crippen molar-refractivity contribution < 1.29 is 4.74 Å². The highest BCUT2D eigenvalue weighted by atomic mass is 16.5. The summed E-state index contributed by atoms with van der Waals surface area (Å²) in [6.45, 7) is 8.41. The van der Waals surface area contributed by atoms with Crippen LogP contribution in [0.3, 0.4) is 0 Å². The van der Waals surface area contributed by atoms with Crippen LogP contribution in [0.1, 0.15) is 38.0 Å². The summed E-state index contributed by atoms with van der Waals surface area (Å²) in [5.74, 6) is 0.579. The fraction of sp³-hybridized carbons (Fsp3) is 0.600. The molecule has 3 atom stereocenters. The summed E-state index contributed by atoms with van der Waals surface area (Å²) in [5, 5.41) is 3.55. The molecule has 0 spiro atoms. The second-order valence-corrected chi connectivity index (χ2v) is 5.09. The van der Waals surface area contributed by atoms with Crippen molar-refractivity contribution in [3.05, 3.63) is 35.4 Å². The molecule has 2 nitrogen and oxygen atoms in total. The molecule has 1 fully saturated rings. The highest BCUT2D eigenvalue weighted by molar-refractivity contribution is 5.24. The number of aryl methyl sites for hydroxylation is 1. The van der Waals surface area contributed by atoms with Crippen LogP contribution in [0.4, 0.5) is 0 Å². The molecule has 0 aromatic heterocycles. The van der Waals surface area contributed by atoms with E-state index in [-0.39, 0.29) is 6.10 Å². The van der Waals surface area contributed by atoms with Crippen LogP contribution in [-0.2, 0) is 11.2 Å². The van der Waals surface area contributed by atoms with E-state index in [4.69, 9.17) is 4.74 Å². The third kappa shape index (κ3) is 3.08.